The fourth-order valence-corrected chi connectivity index (χ4v) is 3.21. The normalized spacial score (nSPS) is 16.3. The molecule has 1 aromatic rings. The molecule has 1 aliphatic carbocycles. The van der Waals surface area contributed by atoms with Crippen LogP contribution in [-0.4, -0.2) is 18.8 Å². The lowest BCUT2D eigenvalue weighted by Gasteiger charge is -2.10. The van der Waals surface area contributed by atoms with Crippen LogP contribution in [0.25, 0.3) is 0 Å². The van der Waals surface area contributed by atoms with Crippen molar-refractivity contribution >= 4 is 11.8 Å². The van der Waals surface area contributed by atoms with E-state index in [1.54, 1.807) is 0 Å². The molecular formula is C14H19F2NS. The number of nitrogens with one attached hydrogen (secondary N) is 1. The third-order valence-electron chi connectivity index (χ3n) is 3.34. The Bertz CT molecular complexity index is 378. The number of hydrogen-bond acceptors (Lipinski definition) is 2. The van der Waals surface area contributed by atoms with Gasteiger partial charge in [0.2, 0.25) is 0 Å². The topological polar surface area (TPSA) is 12.0 Å². The minimum absolute atomic E-state index is 0.336. The van der Waals surface area contributed by atoms with E-state index in [1.165, 1.54) is 49.6 Å². The van der Waals surface area contributed by atoms with Crippen LogP contribution in [-0.2, 0) is 0 Å². The first-order chi connectivity index (χ1) is 8.75. The van der Waals surface area contributed by atoms with Gasteiger partial charge >= 0.3 is 0 Å². The molecule has 0 saturated heterocycles. The number of hydrogen-bond donors (Lipinski definition) is 1. The van der Waals surface area contributed by atoms with Crippen LogP contribution in [0.4, 0.5) is 8.78 Å². The predicted molar refractivity (Wildman–Crippen MR) is 71.9 cm³/mol. The summed E-state index contributed by atoms with van der Waals surface area (Å²) in [6.07, 6.45) is 5.38. The average Bonchev–Trinajstić information content (AvgIpc) is 2.86. The molecule has 0 atom stereocenters. The molecule has 1 aliphatic rings. The van der Waals surface area contributed by atoms with E-state index in [0.29, 0.717) is 4.90 Å². The van der Waals surface area contributed by atoms with Crippen molar-refractivity contribution in [1.29, 1.82) is 0 Å². The first-order valence-corrected chi connectivity index (χ1v) is 7.53. The Hall–Kier alpha value is -0.610. The maximum absolute atomic E-state index is 13.3. The summed E-state index contributed by atoms with van der Waals surface area (Å²) in [5.74, 6) is 0.878. The van der Waals surface area contributed by atoms with E-state index in [1.807, 2.05) is 0 Å². The summed E-state index contributed by atoms with van der Waals surface area (Å²) in [5, 5.41) is 3.39. The number of thioether (sulfide) groups is 1. The van der Waals surface area contributed by atoms with Crippen LogP contribution in [0.1, 0.15) is 25.7 Å². The highest BCUT2D eigenvalue weighted by Gasteiger charge is 2.13. The van der Waals surface area contributed by atoms with Crippen molar-refractivity contribution < 1.29 is 8.78 Å². The minimum Gasteiger partial charge on any atom is -0.316 e. The van der Waals surface area contributed by atoms with Crippen molar-refractivity contribution in [2.75, 3.05) is 18.8 Å². The zero-order valence-corrected chi connectivity index (χ0v) is 11.2. The highest BCUT2D eigenvalue weighted by atomic mass is 32.2. The van der Waals surface area contributed by atoms with Gasteiger partial charge in [-0.05, 0) is 43.5 Å². The lowest BCUT2D eigenvalue weighted by atomic mass is 10.1. The molecule has 0 heterocycles. The molecule has 18 heavy (non-hydrogen) atoms. The van der Waals surface area contributed by atoms with E-state index in [2.05, 4.69) is 5.32 Å². The van der Waals surface area contributed by atoms with Crippen LogP contribution in [0.15, 0.2) is 23.1 Å². The molecule has 0 amide bonds. The van der Waals surface area contributed by atoms with Gasteiger partial charge < -0.3 is 5.32 Å². The standard InChI is InChI=1S/C14H19F2NS/c15-12-5-6-13(16)14(9-12)18-8-7-17-10-11-3-1-2-4-11/h5-6,9,11,17H,1-4,7-8,10H2. The summed E-state index contributed by atoms with van der Waals surface area (Å²) in [4.78, 5) is 0.401. The van der Waals surface area contributed by atoms with Gasteiger partial charge in [-0.3, -0.25) is 0 Å². The van der Waals surface area contributed by atoms with Crippen LogP contribution in [0.2, 0.25) is 0 Å². The molecule has 1 aromatic carbocycles. The van der Waals surface area contributed by atoms with Gasteiger partial charge in [-0.25, -0.2) is 8.78 Å². The SMILES string of the molecule is Fc1ccc(F)c(SCCNCC2CCCC2)c1. The molecule has 2 rings (SSSR count). The van der Waals surface area contributed by atoms with Crippen LogP contribution in [0, 0.1) is 17.6 Å². The van der Waals surface area contributed by atoms with Gasteiger partial charge in [0.15, 0.2) is 0 Å². The Morgan fingerprint density at radius 1 is 1.22 bits per heavy atom. The Kier molecular flexibility index (Phi) is 5.45. The summed E-state index contributed by atoms with van der Waals surface area (Å²) in [6.45, 7) is 1.91. The molecule has 1 saturated carbocycles. The largest absolute Gasteiger partial charge is 0.316 e. The molecule has 0 aromatic heterocycles. The quantitative estimate of drug-likeness (QED) is 0.623. The van der Waals surface area contributed by atoms with E-state index < -0.39 is 0 Å². The summed E-state index contributed by atoms with van der Waals surface area (Å²) in [7, 11) is 0. The van der Waals surface area contributed by atoms with Crippen LogP contribution < -0.4 is 5.32 Å². The fraction of sp³-hybridized carbons (Fsp3) is 0.571. The molecule has 1 N–H and O–H groups in total. The minimum atomic E-state index is -0.377. The van der Waals surface area contributed by atoms with Gasteiger partial charge in [-0.2, -0.15) is 0 Å². The van der Waals surface area contributed by atoms with Gasteiger partial charge in [0.25, 0.3) is 0 Å². The molecular weight excluding hydrogens is 252 g/mol. The zero-order valence-electron chi connectivity index (χ0n) is 10.4. The van der Waals surface area contributed by atoms with Gasteiger partial charge in [-0.15, -0.1) is 11.8 Å². The van der Waals surface area contributed by atoms with E-state index in [-0.39, 0.29) is 11.6 Å². The van der Waals surface area contributed by atoms with Crippen LogP contribution in [0.5, 0.6) is 0 Å². The molecule has 0 spiro atoms. The van der Waals surface area contributed by atoms with E-state index in [0.717, 1.165) is 30.8 Å². The first kappa shape index (κ1) is 13.8. The number of benzene rings is 1. The van der Waals surface area contributed by atoms with Crippen molar-refractivity contribution in [3.63, 3.8) is 0 Å². The molecule has 0 radical (unpaired) electrons. The van der Waals surface area contributed by atoms with E-state index in [9.17, 15) is 8.78 Å². The first-order valence-electron chi connectivity index (χ1n) is 6.54. The van der Waals surface area contributed by atoms with Gasteiger partial charge in [0, 0.05) is 17.2 Å². The monoisotopic (exact) mass is 271 g/mol. The smallest absolute Gasteiger partial charge is 0.136 e. The third-order valence-corrected chi connectivity index (χ3v) is 4.37. The van der Waals surface area contributed by atoms with Gasteiger partial charge in [0.05, 0.1) is 0 Å². The lowest BCUT2D eigenvalue weighted by molar-refractivity contribution is 0.499. The molecule has 0 aliphatic heterocycles. The Morgan fingerprint density at radius 2 is 2.00 bits per heavy atom. The highest BCUT2D eigenvalue weighted by molar-refractivity contribution is 7.99. The summed E-state index contributed by atoms with van der Waals surface area (Å²) >= 11 is 1.37. The van der Waals surface area contributed by atoms with Crippen molar-refractivity contribution in [3.05, 3.63) is 29.8 Å². The van der Waals surface area contributed by atoms with Crippen LogP contribution in [0.3, 0.4) is 0 Å². The van der Waals surface area contributed by atoms with E-state index >= 15 is 0 Å². The van der Waals surface area contributed by atoms with Crippen LogP contribution >= 0.6 is 11.8 Å². The molecule has 4 heteroatoms. The number of halogens is 2. The second-order valence-corrected chi connectivity index (χ2v) is 5.91. The van der Waals surface area contributed by atoms with Crippen molar-refractivity contribution in [2.45, 2.75) is 30.6 Å². The predicted octanol–water partition coefficient (Wildman–Crippen LogP) is 3.84. The molecule has 100 valence electrons. The van der Waals surface area contributed by atoms with Gasteiger partial charge in [0.1, 0.15) is 11.6 Å². The third kappa shape index (κ3) is 4.25. The average molecular weight is 271 g/mol. The van der Waals surface area contributed by atoms with E-state index in [4.69, 9.17) is 0 Å². The zero-order chi connectivity index (χ0) is 12.8. The summed E-state index contributed by atoms with van der Waals surface area (Å²) in [6, 6.07) is 3.60. The number of rotatable bonds is 6. The Morgan fingerprint density at radius 3 is 2.78 bits per heavy atom. The second-order valence-electron chi connectivity index (χ2n) is 4.78. The molecule has 1 nitrogen and oxygen atoms in total. The summed E-state index contributed by atoms with van der Waals surface area (Å²) < 4.78 is 26.2. The lowest BCUT2D eigenvalue weighted by Crippen LogP contribution is -2.23. The highest BCUT2D eigenvalue weighted by Crippen LogP contribution is 2.24. The molecule has 1 fully saturated rings. The maximum atomic E-state index is 13.3. The van der Waals surface area contributed by atoms with Crippen molar-refractivity contribution in [1.82, 2.24) is 5.32 Å². The summed E-state index contributed by atoms with van der Waals surface area (Å²) in [5.41, 5.74) is 0. The van der Waals surface area contributed by atoms with Crippen molar-refractivity contribution in [2.24, 2.45) is 5.92 Å². The second kappa shape index (κ2) is 7.10. The molecule has 0 bridgehead atoms. The Labute approximate surface area is 111 Å². The van der Waals surface area contributed by atoms with Crippen molar-refractivity contribution in [3.8, 4) is 0 Å². The maximum Gasteiger partial charge on any atom is 0.136 e. The fourth-order valence-electron chi connectivity index (χ4n) is 2.34. The molecule has 0 unspecified atom stereocenters. The Balaban J connectivity index is 1.64. The van der Waals surface area contributed by atoms with Gasteiger partial charge in [-0.1, -0.05) is 12.8 Å².